The fourth-order valence-corrected chi connectivity index (χ4v) is 2.47. The van der Waals surface area contributed by atoms with E-state index >= 15 is 0 Å². The van der Waals surface area contributed by atoms with Crippen LogP contribution in [0.5, 0.6) is 0 Å². The number of aryl methyl sites for hydroxylation is 1. The van der Waals surface area contributed by atoms with Crippen molar-refractivity contribution in [1.29, 1.82) is 0 Å². The van der Waals surface area contributed by atoms with Gasteiger partial charge in [-0.3, -0.25) is 0 Å². The SMILES string of the molecule is CSCc1cc(C)c(N)s1. The van der Waals surface area contributed by atoms with E-state index < -0.39 is 0 Å². The molecule has 0 amide bonds. The Morgan fingerprint density at radius 1 is 1.70 bits per heavy atom. The maximum atomic E-state index is 5.68. The summed E-state index contributed by atoms with van der Waals surface area (Å²) in [7, 11) is 0. The molecule has 0 saturated carbocycles. The molecule has 56 valence electrons. The molecule has 1 aromatic heterocycles. The molecule has 0 unspecified atom stereocenters. The quantitative estimate of drug-likeness (QED) is 0.743. The first kappa shape index (κ1) is 7.95. The van der Waals surface area contributed by atoms with Gasteiger partial charge >= 0.3 is 0 Å². The molecule has 0 bridgehead atoms. The fourth-order valence-electron chi connectivity index (χ4n) is 0.777. The van der Waals surface area contributed by atoms with E-state index in [0.717, 1.165) is 10.8 Å². The van der Waals surface area contributed by atoms with Crippen molar-refractivity contribution in [2.24, 2.45) is 0 Å². The van der Waals surface area contributed by atoms with Crippen molar-refractivity contribution in [3.63, 3.8) is 0 Å². The molecule has 2 N–H and O–H groups in total. The van der Waals surface area contributed by atoms with Crippen molar-refractivity contribution >= 4 is 28.1 Å². The van der Waals surface area contributed by atoms with Crippen LogP contribution in [-0.4, -0.2) is 6.26 Å². The zero-order valence-corrected chi connectivity index (χ0v) is 7.81. The average molecular weight is 173 g/mol. The lowest BCUT2D eigenvalue weighted by Crippen LogP contribution is -1.78. The van der Waals surface area contributed by atoms with E-state index in [1.165, 1.54) is 10.4 Å². The summed E-state index contributed by atoms with van der Waals surface area (Å²) in [4.78, 5) is 1.38. The fraction of sp³-hybridized carbons (Fsp3) is 0.429. The average Bonchev–Trinajstić information content (AvgIpc) is 2.14. The van der Waals surface area contributed by atoms with Crippen LogP contribution in [-0.2, 0) is 5.75 Å². The van der Waals surface area contributed by atoms with Crippen molar-refractivity contribution in [3.05, 3.63) is 16.5 Å². The van der Waals surface area contributed by atoms with Gasteiger partial charge < -0.3 is 5.73 Å². The van der Waals surface area contributed by atoms with Gasteiger partial charge in [-0.25, -0.2) is 0 Å². The van der Waals surface area contributed by atoms with Crippen LogP contribution in [0, 0.1) is 6.92 Å². The topological polar surface area (TPSA) is 26.0 Å². The second-order valence-corrected chi connectivity index (χ2v) is 4.23. The molecule has 1 nitrogen and oxygen atoms in total. The number of hydrogen-bond donors (Lipinski definition) is 1. The Balaban J connectivity index is 2.77. The highest BCUT2D eigenvalue weighted by Gasteiger charge is 1.99. The van der Waals surface area contributed by atoms with Crippen LogP contribution in [0.25, 0.3) is 0 Å². The lowest BCUT2D eigenvalue weighted by Gasteiger charge is -1.86. The molecule has 0 aliphatic rings. The molecule has 0 aromatic carbocycles. The number of rotatable bonds is 2. The smallest absolute Gasteiger partial charge is 0.0889 e. The Hall–Kier alpha value is -0.150. The third-order valence-electron chi connectivity index (χ3n) is 1.29. The Labute approximate surface area is 69.6 Å². The minimum Gasteiger partial charge on any atom is -0.390 e. The third kappa shape index (κ3) is 1.67. The predicted molar refractivity (Wildman–Crippen MR) is 50.7 cm³/mol. The van der Waals surface area contributed by atoms with Gasteiger partial charge in [-0.05, 0) is 24.8 Å². The third-order valence-corrected chi connectivity index (χ3v) is 3.14. The van der Waals surface area contributed by atoms with Gasteiger partial charge in [0.05, 0.1) is 5.00 Å². The van der Waals surface area contributed by atoms with Crippen molar-refractivity contribution in [2.75, 3.05) is 12.0 Å². The summed E-state index contributed by atoms with van der Waals surface area (Å²) in [6.45, 7) is 2.05. The first-order valence-corrected chi connectivity index (χ1v) is 5.29. The first-order chi connectivity index (χ1) is 4.74. The minimum atomic E-state index is 0.962. The van der Waals surface area contributed by atoms with Crippen LogP contribution >= 0.6 is 23.1 Å². The first-order valence-electron chi connectivity index (χ1n) is 3.07. The monoisotopic (exact) mass is 173 g/mol. The van der Waals surface area contributed by atoms with E-state index in [0.29, 0.717) is 0 Å². The number of hydrogen-bond acceptors (Lipinski definition) is 3. The second kappa shape index (κ2) is 3.30. The number of anilines is 1. The van der Waals surface area contributed by atoms with E-state index in [4.69, 9.17) is 5.73 Å². The van der Waals surface area contributed by atoms with Crippen molar-refractivity contribution in [3.8, 4) is 0 Å². The number of nitrogens with two attached hydrogens (primary N) is 1. The maximum absolute atomic E-state index is 5.68. The molecule has 1 heterocycles. The van der Waals surface area contributed by atoms with Crippen LogP contribution < -0.4 is 5.73 Å². The molecule has 1 rings (SSSR count). The van der Waals surface area contributed by atoms with Gasteiger partial charge in [0.1, 0.15) is 0 Å². The summed E-state index contributed by atoms with van der Waals surface area (Å²) in [6, 6.07) is 2.16. The standard InChI is InChI=1S/C7H11NS2/c1-5-3-6(4-9-2)10-7(5)8/h3H,4,8H2,1-2H3. The highest BCUT2D eigenvalue weighted by atomic mass is 32.2. The molecule has 0 radical (unpaired) electrons. The molecule has 0 saturated heterocycles. The summed E-state index contributed by atoms with van der Waals surface area (Å²) in [5.74, 6) is 1.09. The van der Waals surface area contributed by atoms with Gasteiger partial charge in [-0.1, -0.05) is 0 Å². The summed E-state index contributed by atoms with van der Waals surface area (Å²) < 4.78 is 0. The Kier molecular flexibility index (Phi) is 2.63. The molecular formula is C7H11NS2. The highest BCUT2D eigenvalue weighted by molar-refractivity contribution is 7.97. The van der Waals surface area contributed by atoms with Crippen LogP contribution in [0.2, 0.25) is 0 Å². The molecular weight excluding hydrogens is 162 g/mol. The second-order valence-electron chi connectivity index (χ2n) is 2.19. The van der Waals surface area contributed by atoms with Crippen molar-refractivity contribution in [2.45, 2.75) is 12.7 Å². The van der Waals surface area contributed by atoms with Gasteiger partial charge in [0.2, 0.25) is 0 Å². The van der Waals surface area contributed by atoms with E-state index in [1.54, 1.807) is 11.3 Å². The lowest BCUT2D eigenvalue weighted by molar-refractivity contribution is 1.48. The zero-order chi connectivity index (χ0) is 7.56. The largest absolute Gasteiger partial charge is 0.390 e. The molecule has 10 heavy (non-hydrogen) atoms. The van der Waals surface area contributed by atoms with Gasteiger partial charge in [-0.2, -0.15) is 11.8 Å². The Morgan fingerprint density at radius 2 is 2.40 bits per heavy atom. The van der Waals surface area contributed by atoms with Crippen molar-refractivity contribution in [1.82, 2.24) is 0 Å². The van der Waals surface area contributed by atoms with Gasteiger partial charge in [0.25, 0.3) is 0 Å². The summed E-state index contributed by atoms with van der Waals surface area (Å²) >= 11 is 3.53. The summed E-state index contributed by atoms with van der Waals surface area (Å²) in [5.41, 5.74) is 6.90. The molecule has 1 aromatic rings. The molecule has 3 heteroatoms. The lowest BCUT2D eigenvalue weighted by atomic mass is 10.3. The van der Waals surface area contributed by atoms with E-state index in [9.17, 15) is 0 Å². The molecule has 0 aliphatic carbocycles. The molecule has 0 fully saturated rings. The molecule has 0 spiro atoms. The predicted octanol–water partition coefficient (Wildman–Crippen LogP) is 2.50. The van der Waals surface area contributed by atoms with Gasteiger partial charge in [0.15, 0.2) is 0 Å². The highest BCUT2D eigenvalue weighted by Crippen LogP contribution is 2.26. The van der Waals surface area contributed by atoms with Gasteiger partial charge in [0, 0.05) is 10.6 Å². The Bertz CT molecular complexity index is 198. The zero-order valence-electron chi connectivity index (χ0n) is 6.18. The van der Waals surface area contributed by atoms with Crippen molar-refractivity contribution < 1.29 is 0 Å². The normalized spacial score (nSPS) is 10.2. The van der Waals surface area contributed by atoms with Gasteiger partial charge in [-0.15, -0.1) is 11.3 Å². The number of nitrogen functional groups attached to an aromatic ring is 1. The van der Waals surface area contributed by atoms with Crippen LogP contribution in [0.1, 0.15) is 10.4 Å². The number of thioether (sulfide) groups is 1. The minimum absolute atomic E-state index is 0.962. The summed E-state index contributed by atoms with van der Waals surface area (Å²) in [6.07, 6.45) is 2.10. The van der Waals surface area contributed by atoms with E-state index in [1.807, 2.05) is 11.8 Å². The number of thiophene rings is 1. The molecule has 0 aliphatic heterocycles. The van der Waals surface area contributed by atoms with Crippen LogP contribution in [0.15, 0.2) is 6.07 Å². The van der Waals surface area contributed by atoms with E-state index in [-0.39, 0.29) is 0 Å². The van der Waals surface area contributed by atoms with Crippen LogP contribution in [0.4, 0.5) is 5.00 Å². The van der Waals surface area contributed by atoms with Crippen LogP contribution in [0.3, 0.4) is 0 Å². The maximum Gasteiger partial charge on any atom is 0.0889 e. The molecule has 0 atom stereocenters. The summed E-state index contributed by atoms with van der Waals surface area (Å²) in [5, 5.41) is 0.962. The van der Waals surface area contributed by atoms with E-state index in [2.05, 4.69) is 19.2 Å². The Morgan fingerprint density at radius 3 is 2.80 bits per heavy atom.